The molecule has 1 aromatic carbocycles. The number of hydrogen-bond donors (Lipinski definition) is 0. The van der Waals surface area contributed by atoms with Crippen LogP contribution >= 0.6 is 11.6 Å². The minimum absolute atomic E-state index is 0.663. The van der Waals surface area contributed by atoms with Crippen LogP contribution in [0.3, 0.4) is 0 Å². The van der Waals surface area contributed by atoms with Crippen molar-refractivity contribution in [3.05, 3.63) is 30.3 Å². The van der Waals surface area contributed by atoms with Gasteiger partial charge in [-0.3, -0.25) is 0 Å². The van der Waals surface area contributed by atoms with Crippen LogP contribution in [0.5, 0.6) is 0 Å². The molecule has 0 aromatic heterocycles. The Hall–Kier alpha value is -0.273. The lowest BCUT2D eigenvalue weighted by atomic mass is 10.4. The summed E-state index contributed by atoms with van der Waals surface area (Å²) in [5.74, 6) is 0.810. The highest BCUT2D eigenvalue weighted by Crippen LogP contribution is 2.00. The Balaban J connectivity index is 2.48. The van der Waals surface area contributed by atoms with Crippen LogP contribution in [0, 0.1) is 0 Å². The van der Waals surface area contributed by atoms with Crippen molar-refractivity contribution in [1.82, 2.24) is 0 Å². The van der Waals surface area contributed by atoms with Gasteiger partial charge in [-0.1, -0.05) is 48.1 Å². The SMILES string of the molecule is C[SiH](CCCCl)c1ccccc1. The lowest BCUT2D eigenvalue weighted by Gasteiger charge is -2.07. The quantitative estimate of drug-likeness (QED) is 0.515. The molecule has 0 bridgehead atoms. The van der Waals surface area contributed by atoms with Gasteiger partial charge in [0, 0.05) is 5.88 Å². The van der Waals surface area contributed by atoms with Gasteiger partial charge in [0.1, 0.15) is 0 Å². The second-order valence-corrected chi connectivity index (χ2v) is 6.57. The van der Waals surface area contributed by atoms with Crippen LogP contribution in [0.15, 0.2) is 30.3 Å². The van der Waals surface area contributed by atoms with Crippen LogP contribution in [0.2, 0.25) is 12.6 Å². The van der Waals surface area contributed by atoms with Crippen molar-refractivity contribution in [2.45, 2.75) is 19.0 Å². The minimum atomic E-state index is -0.663. The molecule has 0 radical (unpaired) electrons. The molecule has 0 aliphatic rings. The Morgan fingerprint density at radius 1 is 1.25 bits per heavy atom. The van der Waals surface area contributed by atoms with Crippen molar-refractivity contribution in [3.8, 4) is 0 Å². The number of halogens is 1. The van der Waals surface area contributed by atoms with E-state index in [4.69, 9.17) is 11.6 Å². The van der Waals surface area contributed by atoms with Gasteiger partial charge < -0.3 is 0 Å². The summed E-state index contributed by atoms with van der Waals surface area (Å²) in [5, 5.41) is 1.56. The smallest absolute Gasteiger partial charge is 0.0678 e. The lowest BCUT2D eigenvalue weighted by Crippen LogP contribution is -2.25. The molecule has 0 heterocycles. The van der Waals surface area contributed by atoms with E-state index in [0.717, 1.165) is 5.88 Å². The van der Waals surface area contributed by atoms with Gasteiger partial charge in [-0.25, -0.2) is 0 Å². The van der Waals surface area contributed by atoms with E-state index in [9.17, 15) is 0 Å². The first-order valence-electron chi connectivity index (χ1n) is 4.45. The Labute approximate surface area is 81.2 Å². The summed E-state index contributed by atoms with van der Waals surface area (Å²) in [4.78, 5) is 0. The Morgan fingerprint density at radius 3 is 2.50 bits per heavy atom. The number of hydrogen-bond acceptors (Lipinski definition) is 0. The average molecular weight is 199 g/mol. The van der Waals surface area contributed by atoms with Crippen molar-refractivity contribution in [3.63, 3.8) is 0 Å². The molecule has 0 nitrogen and oxygen atoms in total. The molecular weight excluding hydrogens is 184 g/mol. The summed E-state index contributed by atoms with van der Waals surface area (Å²) in [6.07, 6.45) is 1.17. The van der Waals surface area contributed by atoms with Crippen LogP contribution in [0.4, 0.5) is 0 Å². The maximum atomic E-state index is 5.66. The number of alkyl halides is 1. The second-order valence-electron chi connectivity index (χ2n) is 3.14. The molecule has 1 rings (SSSR count). The molecule has 0 amide bonds. The fraction of sp³-hybridized carbons (Fsp3) is 0.400. The standard InChI is InChI=1S/C10H15ClSi/c1-12(9-5-8-11)10-6-3-2-4-7-10/h2-4,6-7,12H,5,8-9H2,1H3. The zero-order valence-electron chi connectivity index (χ0n) is 7.46. The van der Waals surface area contributed by atoms with Gasteiger partial charge in [0.15, 0.2) is 0 Å². The van der Waals surface area contributed by atoms with E-state index in [0.29, 0.717) is 0 Å². The first-order valence-corrected chi connectivity index (χ1v) is 7.54. The molecule has 0 saturated heterocycles. The predicted molar refractivity (Wildman–Crippen MR) is 59.2 cm³/mol. The molecular formula is C10H15ClSi. The van der Waals surface area contributed by atoms with Crippen LogP contribution in [0.1, 0.15) is 6.42 Å². The van der Waals surface area contributed by atoms with E-state index in [1.807, 2.05) is 0 Å². The maximum absolute atomic E-state index is 5.66. The third kappa shape index (κ3) is 3.00. The monoisotopic (exact) mass is 198 g/mol. The third-order valence-electron chi connectivity index (χ3n) is 2.14. The summed E-state index contributed by atoms with van der Waals surface area (Å²) in [6, 6.07) is 12.1. The van der Waals surface area contributed by atoms with Crippen LogP contribution in [-0.2, 0) is 0 Å². The van der Waals surface area contributed by atoms with Gasteiger partial charge in [0.2, 0.25) is 0 Å². The minimum Gasteiger partial charge on any atom is -0.127 e. The fourth-order valence-electron chi connectivity index (χ4n) is 1.33. The summed E-state index contributed by atoms with van der Waals surface area (Å²) in [5.41, 5.74) is 0. The summed E-state index contributed by atoms with van der Waals surface area (Å²) < 4.78 is 0. The van der Waals surface area contributed by atoms with Crippen LogP contribution < -0.4 is 5.19 Å². The second kappa shape index (κ2) is 5.39. The molecule has 2 heteroatoms. The van der Waals surface area contributed by atoms with Gasteiger partial charge >= 0.3 is 0 Å². The zero-order chi connectivity index (χ0) is 8.81. The van der Waals surface area contributed by atoms with Crippen molar-refractivity contribution in [1.29, 1.82) is 0 Å². The third-order valence-corrected chi connectivity index (χ3v) is 5.20. The molecule has 0 spiro atoms. The summed E-state index contributed by atoms with van der Waals surface area (Å²) in [7, 11) is -0.663. The average Bonchev–Trinajstić information content (AvgIpc) is 2.15. The van der Waals surface area contributed by atoms with E-state index in [1.54, 1.807) is 5.19 Å². The highest BCUT2D eigenvalue weighted by molar-refractivity contribution is 6.72. The van der Waals surface area contributed by atoms with Gasteiger partial charge in [-0.05, 0) is 6.42 Å². The molecule has 0 saturated carbocycles. The van der Waals surface area contributed by atoms with Crippen molar-refractivity contribution < 1.29 is 0 Å². The van der Waals surface area contributed by atoms with Crippen LogP contribution in [0.25, 0.3) is 0 Å². The molecule has 0 aliphatic carbocycles. The predicted octanol–water partition coefficient (Wildman–Crippen LogP) is 2.38. The maximum Gasteiger partial charge on any atom is 0.0678 e. The summed E-state index contributed by atoms with van der Waals surface area (Å²) >= 11 is 5.66. The van der Waals surface area contributed by atoms with Gasteiger partial charge in [0.25, 0.3) is 0 Å². The van der Waals surface area contributed by atoms with Crippen molar-refractivity contribution in [2.75, 3.05) is 5.88 Å². The molecule has 66 valence electrons. The number of rotatable bonds is 4. The van der Waals surface area contributed by atoms with E-state index < -0.39 is 8.80 Å². The van der Waals surface area contributed by atoms with Gasteiger partial charge in [-0.15, -0.1) is 11.6 Å². The van der Waals surface area contributed by atoms with Crippen molar-refractivity contribution >= 4 is 25.6 Å². The molecule has 1 aromatic rings. The van der Waals surface area contributed by atoms with Crippen LogP contribution in [-0.4, -0.2) is 14.7 Å². The van der Waals surface area contributed by atoms with E-state index >= 15 is 0 Å². The first-order chi connectivity index (χ1) is 5.84. The first kappa shape index (κ1) is 9.81. The molecule has 0 aliphatic heterocycles. The van der Waals surface area contributed by atoms with Crippen molar-refractivity contribution in [2.24, 2.45) is 0 Å². The van der Waals surface area contributed by atoms with Gasteiger partial charge in [0.05, 0.1) is 8.80 Å². The Bertz CT molecular complexity index is 210. The number of benzene rings is 1. The topological polar surface area (TPSA) is 0 Å². The molecule has 1 atom stereocenters. The molecule has 0 fully saturated rings. The highest BCUT2D eigenvalue weighted by atomic mass is 35.5. The molecule has 0 N–H and O–H groups in total. The Morgan fingerprint density at radius 2 is 1.92 bits per heavy atom. The summed E-state index contributed by atoms with van der Waals surface area (Å²) in [6.45, 7) is 2.39. The molecule has 1 unspecified atom stereocenters. The zero-order valence-corrected chi connectivity index (χ0v) is 9.37. The lowest BCUT2D eigenvalue weighted by molar-refractivity contribution is 1.08. The molecule has 12 heavy (non-hydrogen) atoms. The normalized spacial score (nSPS) is 12.8. The highest BCUT2D eigenvalue weighted by Gasteiger charge is 2.04. The largest absolute Gasteiger partial charge is 0.127 e. The fourth-order valence-corrected chi connectivity index (χ4v) is 3.77. The van der Waals surface area contributed by atoms with E-state index in [2.05, 4.69) is 36.9 Å². The van der Waals surface area contributed by atoms with E-state index in [-0.39, 0.29) is 0 Å². The van der Waals surface area contributed by atoms with Gasteiger partial charge in [-0.2, -0.15) is 0 Å². The van der Waals surface area contributed by atoms with E-state index in [1.165, 1.54) is 12.5 Å². The Kier molecular flexibility index (Phi) is 4.40.